The fraction of sp³-hybridized carbons (Fsp3) is 0.235. The van der Waals surface area contributed by atoms with Gasteiger partial charge in [-0.25, -0.2) is 14.2 Å². The van der Waals surface area contributed by atoms with Gasteiger partial charge in [-0.2, -0.15) is 4.99 Å². The van der Waals surface area contributed by atoms with E-state index in [4.69, 9.17) is 4.74 Å². The Morgan fingerprint density at radius 1 is 1.30 bits per heavy atom. The van der Waals surface area contributed by atoms with Gasteiger partial charge in [-0.3, -0.25) is 5.32 Å². The van der Waals surface area contributed by atoms with Crippen molar-refractivity contribution in [1.29, 1.82) is 0 Å². The molecule has 2 aromatic rings. The number of amides is 1. The molecule has 23 heavy (non-hydrogen) atoms. The topological polar surface area (TPSA) is 71.6 Å². The Balaban J connectivity index is 1.79. The SMILES string of the molecule is CCc1ccc[n+](CCOC(=O)Nc2ccc(N=C=O)cc2)c1. The van der Waals surface area contributed by atoms with Crippen LogP contribution in [0.3, 0.4) is 0 Å². The number of anilines is 1. The van der Waals surface area contributed by atoms with Gasteiger partial charge in [0.2, 0.25) is 6.08 Å². The summed E-state index contributed by atoms with van der Waals surface area (Å²) >= 11 is 0. The summed E-state index contributed by atoms with van der Waals surface area (Å²) in [7, 11) is 0. The third-order valence-corrected chi connectivity index (χ3v) is 3.20. The normalized spacial score (nSPS) is 9.78. The molecule has 118 valence electrons. The lowest BCUT2D eigenvalue weighted by Crippen LogP contribution is -2.36. The monoisotopic (exact) mass is 312 g/mol. The van der Waals surface area contributed by atoms with Crippen LogP contribution in [-0.2, 0) is 22.5 Å². The summed E-state index contributed by atoms with van der Waals surface area (Å²) in [6.45, 7) is 2.96. The molecule has 1 heterocycles. The first kappa shape index (κ1) is 16.4. The first-order valence-electron chi connectivity index (χ1n) is 7.31. The number of carbonyl (C=O) groups excluding carboxylic acids is 2. The van der Waals surface area contributed by atoms with E-state index in [0.717, 1.165) is 6.42 Å². The van der Waals surface area contributed by atoms with E-state index in [1.165, 1.54) is 11.6 Å². The molecular formula is C17H18N3O3+. The van der Waals surface area contributed by atoms with Gasteiger partial charge < -0.3 is 4.74 Å². The van der Waals surface area contributed by atoms with Crippen molar-refractivity contribution in [3.05, 3.63) is 54.4 Å². The number of isocyanates is 1. The highest BCUT2D eigenvalue weighted by atomic mass is 16.5. The summed E-state index contributed by atoms with van der Waals surface area (Å²) < 4.78 is 7.13. The molecule has 0 radical (unpaired) electrons. The molecule has 1 aromatic heterocycles. The minimum Gasteiger partial charge on any atom is -0.443 e. The predicted molar refractivity (Wildman–Crippen MR) is 85.2 cm³/mol. The van der Waals surface area contributed by atoms with Crippen LogP contribution in [0.5, 0.6) is 0 Å². The largest absolute Gasteiger partial charge is 0.443 e. The maximum absolute atomic E-state index is 11.7. The summed E-state index contributed by atoms with van der Waals surface area (Å²) in [5, 5.41) is 2.61. The number of pyridine rings is 1. The van der Waals surface area contributed by atoms with E-state index in [9.17, 15) is 9.59 Å². The molecular weight excluding hydrogens is 294 g/mol. The van der Waals surface area contributed by atoms with Gasteiger partial charge in [0.25, 0.3) is 0 Å². The van der Waals surface area contributed by atoms with Gasteiger partial charge in [0, 0.05) is 17.3 Å². The Hall–Kier alpha value is -2.98. The number of aliphatic imine (C=N–C) groups is 1. The second kappa shape index (κ2) is 8.46. The van der Waals surface area contributed by atoms with Gasteiger partial charge in [-0.1, -0.05) is 6.92 Å². The van der Waals surface area contributed by atoms with Gasteiger partial charge in [0.15, 0.2) is 25.5 Å². The van der Waals surface area contributed by atoms with E-state index in [-0.39, 0.29) is 6.61 Å². The number of aromatic nitrogens is 1. The number of hydrogen-bond acceptors (Lipinski definition) is 4. The second-order valence-electron chi connectivity index (χ2n) is 4.81. The number of aryl methyl sites for hydroxylation is 1. The Kier molecular flexibility index (Phi) is 6.03. The minimum atomic E-state index is -0.524. The zero-order chi connectivity index (χ0) is 16.5. The molecule has 0 atom stereocenters. The van der Waals surface area contributed by atoms with Gasteiger partial charge in [-0.15, -0.1) is 0 Å². The maximum atomic E-state index is 11.7. The molecule has 0 saturated carbocycles. The average molecular weight is 312 g/mol. The smallest absolute Gasteiger partial charge is 0.411 e. The van der Waals surface area contributed by atoms with Crippen LogP contribution in [0.4, 0.5) is 16.2 Å². The van der Waals surface area contributed by atoms with Crippen LogP contribution in [0.25, 0.3) is 0 Å². The standard InChI is InChI=1S/C17H17N3O3/c1-2-14-4-3-9-20(12-14)10-11-23-17(22)19-16-7-5-15(6-8-16)18-13-21/h3-9,12H,2,10-11H2,1H3/p+1. The Morgan fingerprint density at radius 2 is 2.09 bits per heavy atom. The summed E-state index contributed by atoms with van der Waals surface area (Å²) in [5.41, 5.74) is 2.28. The lowest BCUT2D eigenvalue weighted by Gasteiger charge is -2.06. The number of hydrogen-bond donors (Lipinski definition) is 1. The average Bonchev–Trinajstić information content (AvgIpc) is 2.57. The molecule has 1 N–H and O–H groups in total. The minimum absolute atomic E-state index is 0.275. The number of rotatable bonds is 6. The van der Waals surface area contributed by atoms with E-state index in [1.54, 1.807) is 24.3 Å². The van der Waals surface area contributed by atoms with Crippen molar-refractivity contribution in [2.75, 3.05) is 11.9 Å². The number of carbonyl (C=O) groups is 1. The quantitative estimate of drug-likeness (QED) is 0.506. The molecule has 1 amide bonds. The van der Waals surface area contributed by atoms with Crippen molar-refractivity contribution in [1.82, 2.24) is 0 Å². The predicted octanol–water partition coefficient (Wildman–Crippen LogP) is 2.75. The van der Waals surface area contributed by atoms with E-state index < -0.39 is 6.09 Å². The molecule has 6 heteroatoms. The van der Waals surface area contributed by atoms with E-state index in [2.05, 4.69) is 23.3 Å². The molecule has 0 aliphatic rings. The van der Waals surface area contributed by atoms with Crippen molar-refractivity contribution in [2.24, 2.45) is 4.99 Å². The summed E-state index contributed by atoms with van der Waals surface area (Å²) in [6, 6.07) is 10.5. The summed E-state index contributed by atoms with van der Waals surface area (Å²) in [6.07, 6.45) is 5.87. The van der Waals surface area contributed by atoms with E-state index >= 15 is 0 Å². The first-order valence-corrected chi connectivity index (χ1v) is 7.31. The summed E-state index contributed by atoms with van der Waals surface area (Å²) in [5.74, 6) is 0. The van der Waals surface area contributed by atoms with Crippen LogP contribution in [0.15, 0.2) is 53.8 Å². The fourth-order valence-electron chi connectivity index (χ4n) is 1.99. The molecule has 6 nitrogen and oxygen atoms in total. The molecule has 0 fully saturated rings. The molecule has 0 aliphatic heterocycles. The van der Waals surface area contributed by atoms with Crippen LogP contribution < -0.4 is 9.88 Å². The number of nitrogens with one attached hydrogen (secondary N) is 1. The third kappa shape index (κ3) is 5.37. The molecule has 1 aromatic carbocycles. The molecule has 0 unspecified atom stereocenters. The van der Waals surface area contributed by atoms with Crippen LogP contribution >= 0.6 is 0 Å². The van der Waals surface area contributed by atoms with Crippen LogP contribution in [0.2, 0.25) is 0 Å². The molecule has 0 bridgehead atoms. The zero-order valence-corrected chi connectivity index (χ0v) is 12.9. The first-order chi connectivity index (χ1) is 11.2. The van der Waals surface area contributed by atoms with Crippen LogP contribution in [0.1, 0.15) is 12.5 Å². The highest BCUT2D eigenvalue weighted by Gasteiger charge is 2.06. The Labute approximate surface area is 134 Å². The van der Waals surface area contributed by atoms with Gasteiger partial charge >= 0.3 is 6.09 Å². The third-order valence-electron chi connectivity index (χ3n) is 3.20. The van der Waals surface area contributed by atoms with Crippen molar-refractivity contribution >= 4 is 23.5 Å². The number of benzene rings is 1. The van der Waals surface area contributed by atoms with E-state index in [1.807, 2.05) is 23.0 Å². The Morgan fingerprint density at radius 3 is 2.78 bits per heavy atom. The summed E-state index contributed by atoms with van der Waals surface area (Å²) in [4.78, 5) is 25.3. The lowest BCUT2D eigenvalue weighted by atomic mass is 10.2. The van der Waals surface area contributed by atoms with Gasteiger partial charge in [0.1, 0.15) is 0 Å². The molecule has 2 rings (SSSR count). The second-order valence-corrected chi connectivity index (χ2v) is 4.81. The van der Waals surface area contributed by atoms with Gasteiger partial charge in [0.05, 0.1) is 5.69 Å². The number of nitrogens with zero attached hydrogens (tertiary/aromatic N) is 2. The van der Waals surface area contributed by atoms with E-state index in [0.29, 0.717) is 17.9 Å². The van der Waals surface area contributed by atoms with Crippen molar-refractivity contribution in [3.8, 4) is 0 Å². The van der Waals surface area contributed by atoms with Crippen LogP contribution in [-0.4, -0.2) is 18.8 Å². The number of ether oxygens (including phenoxy) is 1. The van der Waals surface area contributed by atoms with Crippen molar-refractivity contribution in [2.45, 2.75) is 19.9 Å². The maximum Gasteiger partial charge on any atom is 0.411 e. The molecule has 0 spiro atoms. The Bertz CT molecular complexity index is 707. The highest BCUT2D eigenvalue weighted by molar-refractivity contribution is 5.84. The fourth-order valence-corrected chi connectivity index (χ4v) is 1.99. The molecule has 0 saturated heterocycles. The van der Waals surface area contributed by atoms with Crippen LogP contribution in [0, 0.1) is 0 Å². The van der Waals surface area contributed by atoms with Crippen molar-refractivity contribution in [3.63, 3.8) is 0 Å². The molecule has 0 aliphatic carbocycles. The highest BCUT2D eigenvalue weighted by Crippen LogP contribution is 2.15. The lowest BCUT2D eigenvalue weighted by molar-refractivity contribution is -0.698. The van der Waals surface area contributed by atoms with Gasteiger partial charge in [-0.05, 0) is 36.8 Å². The zero-order valence-electron chi connectivity index (χ0n) is 12.9. The van der Waals surface area contributed by atoms with Crippen molar-refractivity contribution < 1.29 is 18.9 Å².